The summed E-state index contributed by atoms with van der Waals surface area (Å²) in [5.74, 6) is 0.593. The van der Waals surface area contributed by atoms with Crippen LogP contribution >= 0.6 is 23.2 Å². The van der Waals surface area contributed by atoms with Crippen LogP contribution in [0.15, 0.2) is 70.1 Å². The van der Waals surface area contributed by atoms with Crippen molar-refractivity contribution in [1.82, 2.24) is 4.98 Å². The molecule has 0 radical (unpaired) electrons. The molecule has 4 aromatic rings. The summed E-state index contributed by atoms with van der Waals surface area (Å²) < 4.78 is 5.84. The molecule has 5 heteroatoms. The van der Waals surface area contributed by atoms with Gasteiger partial charge in [0.1, 0.15) is 5.52 Å². The van der Waals surface area contributed by atoms with Crippen molar-refractivity contribution in [2.24, 2.45) is 4.99 Å². The van der Waals surface area contributed by atoms with Gasteiger partial charge in [-0.15, -0.1) is 0 Å². The first kappa shape index (κ1) is 16.8. The van der Waals surface area contributed by atoms with Crippen LogP contribution in [0.1, 0.15) is 11.1 Å². The van der Waals surface area contributed by atoms with Crippen LogP contribution < -0.4 is 0 Å². The molecule has 0 aliphatic heterocycles. The second kappa shape index (κ2) is 6.94. The van der Waals surface area contributed by atoms with Gasteiger partial charge >= 0.3 is 0 Å². The van der Waals surface area contributed by atoms with Crippen LogP contribution in [0.2, 0.25) is 10.0 Å². The van der Waals surface area contributed by atoms with E-state index >= 15 is 0 Å². The quantitative estimate of drug-likeness (QED) is 0.364. The first-order valence-corrected chi connectivity index (χ1v) is 8.81. The zero-order valence-electron chi connectivity index (χ0n) is 13.9. The van der Waals surface area contributed by atoms with Crippen molar-refractivity contribution >= 4 is 46.2 Å². The molecule has 4 rings (SSSR count). The van der Waals surface area contributed by atoms with Gasteiger partial charge in [0.05, 0.1) is 15.7 Å². The molecule has 3 aromatic carbocycles. The molecular formula is C21H14Cl2N2O. The molecule has 0 fully saturated rings. The summed E-state index contributed by atoms with van der Waals surface area (Å²) in [5.41, 5.74) is 5.05. The molecule has 128 valence electrons. The van der Waals surface area contributed by atoms with Gasteiger partial charge in [-0.3, -0.25) is 4.99 Å². The SMILES string of the molecule is Cc1ccc(-c2nc3cc(N=Cc4c(Cl)cccc4Cl)ccc3o2)cc1. The summed E-state index contributed by atoms with van der Waals surface area (Å²) in [6.07, 6.45) is 1.66. The standard InChI is InChI=1S/C21H14Cl2N2O/c1-13-5-7-14(8-6-13)21-25-19-11-15(9-10-20(19)26-21)24-12-16-17(22)3-2-4-18(16)23/h2-12H,1H3. The van der Waals surface area contributed by atoms with Crippen molar-refractivity contribution in [3.8, 4) is 11.5 Å². The van der Waals surface area contributed by atoms with Gasteiger partial charge in [0.2, 0.25) is 5.89 Å². The van der Waals surface area contributed by atoms with Crippen molar-refractivity contribution in [1.29, 1.82) is 0 Å². The van der Waals surface area contributed by atoms with Crippen molar-refractivity contribution in [2.75, 3.05) is 0 Å². The average molecular weight is 381 g/mol. The zero-order valence-corrected chi connectivity index (χ0v) is 15.4. The number of benzene rings is 3. The smallest absolute Gasteiger partial charge is 0.227 e. The minimum atomic E-state index is 0.561. The van der Waals surface area contributed by atoms with Crippen LogP contribution in [0.5, 0.6) is 0 Å². The Kier molecular flexibility index (Phi) is 4.49. The number of rotatable bonds is 3. The van der Waals surface area contributed by atoms with E-state index in [1.807, 2.05) is 49.4 Å². The highest BCUT2D eigenvalue weighted by atomic mass is 35.5. The first-order valence-electron chi connectivity index (χ1n) is 8.06. The van der Waals surface area contributed by atoms with E-state index in [0.717, 1.165) is 22.4 Å². The second-order valence-electron chi connectivity index (χ2n) is 5.93. The van der Waals surface area contributed by atoms with E-state index in [1.165, 1.54) is 5.56 Å². The van der Waals surface area contributed by atoms with E-state index in [-0.39, 0.29) is 0 Å². The molecule has 0 aliphatic carbocycles. The van der Waals surface area contributed by atoms with Gasteiger partial charge in [-0.2, -0.15) is 0 Å². The number of oxazole rings is 1. The molecule has 0 bridgehead atoms. The lowest BCUT2D eigenvalue weighted by Gasteiger charge is -2.00. The van der Waals surface area contributed by atoms with Crippen LogP contribution in [0.25, 0.3) is 22.6 Å². The Labute approximate surface area is 160 Å². The van der Waals surface area contributed by atoms with Gasteiger partial charge < -0.3 is 4.42 Å². The number of aliphatic imine (C=N–C) groups is 1. The Balaban J connectivity index is 1.67. The van der Waals surface area contributed by atoms with Gasteiger partial charge in [-0.05, 0) is 49.4 Å². The topological polar surface area (TPSA) is 38.4 Å². The monoisotopic (exact) mass is 380 g/mol. The number of hydrogen-bond acceptors (Lipinski definition) is 3. The Morgan fingerprint density at radius 2 is 1.69 bits per heavy atom. The predicted molar refractivity (Wildman–Crippen MR) is 108 cm³/mol. The fraction of sp³-hybridized carbons (Fsp3) is 0.0476. The third kappa shape index (κ3) is 3.36. The summed E-state index contributed by atoms with van der Waals surface area (Å²) in [6, 6.07) is 19.0. The third-order valence-corrected chi connectivity index (χ3v) is 4.67. The number of nitrogens with zero attached hydrogens (tertiary/aromatic N) is 2. The normalized spacial score (nSPS) is 11.5. The molecule has 0 spiro atoms. The first-order chi connectivity index (χ1) is 12.6. The number of aryl methyl sites for hydroxylation is 1. The van der Waals surface area contributed by atoms with Crippen LogP contribution in [0, 0.1) is 6.92 Å². The molecule has 26 heavy (non-hydrogen) atoms. The van der Waals surface area contributed by atoms with Gasteiger partial charge in [0.25, 0.3) is 0 Å². The van der Waals surface area contributed by atoms with Crippen LogP contribution in [-0.4, -0.2) is 11.2 Å². The summed E-state index contributed by atoms with van der Waals surface area (Å²) in [4.78, 5) is 9.04. The zero-order chi connectivity index (χ0) is 18.1. The lowest BCUT2D eigenvalue weighted by molar-refractivity contribution is 0.620. The summed E-state index contributed by atoms with van der Waals surface area (Å²) in [7, 11) is 0. The molecule has 1 heterocycles. The molecule has 0 N–H and O–H groups in total. The van der Waals surface area contributed by atoms with Gasteiger partial charge in [-0.1, -0.05) is 47.0 Å². The summed E-state index contributed by atoms with van der Waals surface area (Å²) in [5, 5.41) is 1.12. The van der Waals surface area contributed by atoms with Crippen LogP contribution in [-0.2, 0) is 0 Å². The highest BCUT2D eigenvalue weighted by Crippen LogP contribution is 2.28. The van der Waals surface area contributed by atoms with E-state index in [9.17, 15) is 0 Å². The van der Waals surface area contributed by atoms with E-state index in [2.05, 4.69) is 9.98 Å². The molecule has 0 unspecified atom stereocenters. The minimum absolute atomic E-state index is 0.561. The number of hydrogen-bond donors (Lipinski definition) is 0. The predicted octanol–water partition coefficient (Wildman–Crippen LogP) is 6.86. The highest BCUT2D eigenvalue weighted by molar-refractivity contribution is 6.38. The van der Waals surface area contributed by atoms with Crippen molar-refractivity contribution < 1.29 is 4.42 Å². The van der Waals surface area contributed by atoms with Gasteiger partial charge in [-0.25, -0.2) is 4.98 Å². The van der Waals surface area contributed by atoms with E-state index in [1.54, 1.807) is 24.4 Å². The maximum atomic E-state index is 6.17. The highest BCUT2D eigenvalue weighted by Gasteiger charge is 2.09. The van der Waals surface area contributed by atoms with E-state index in [0.29, 0.717) is 21.5 Å². The third-order valence-electron chi connectivity index (χ3n) is 4.01. The van der Waals surface area contributed by atoms with E-state index in [4.69, 9.17) is 27.6 Å². The lowest BCUT2D eigenvalue weighted by Crippen LogP contribution is -1.84. The lowest BCUT2D eigenvalue weighted by atomic mass is 10.1. The average Bonchev–Trinajstić information content (AvgIpc) is 3.05. The molecule has 0 saturated heterocycles. The van der Waals surface area contributed by atoms with Gasteiger partial charge in [0.15, 0.2) is 5.58 Å². The molecule has 1 aromatic heterocycles. The largest absolute Gasteiger partial charge is 0.436 e. The molecular weight excluding hydrogens is 367 g/mol. The Morgan fingerprint density at radius 1 is 0.962 bits per heavy atom. The molecule has 3 nitrogen and oxygen atoms in total. The van der Waals surface area contributed by atoms with E-state index < -0.39 is 0 Å². The summed E-state index contributed by atoms with van der Waals surface area (Å²) >= 11 is 12.3. The van der Waals surface area contributed by atoms with Gasteiger partial charge in [0, 0.05) is 17.3 Å². The fourth-order valence-electron chi connectivity index (χ4n) is 2.59. The van der Waals surface area contributed by atoms with Crippen LogP contribution in [0.4, 0.5) is 5.69 Å². The molecule has 0 atom stereocenters. The van der Waals surface area contributed by atoms with Crippen molar-refractivity contribution in [3.63, 3.8) is 0 Å². The minimum Gasteiger partial charge on any atom is -0.436 e. The number of fused-ring (bicyclic) bond motifs is 1. The Bertz CT molecular complexity index is 1090. The number of halogens is 2. The van der Waals surface area contributed by atoms with Crippen molar-refractivity contribution in [2.45, 2.75) is 6.92 Å². The maximum absolute atomic E-state index is 6.17. The Morgan fingerprint density at radius 3 is 2.42 bits per heavy atom. The second-order valence-corrected chi connectivity index (χ2v) is 6.75. The molecule has 0 saturated carbocycles. The molecule has 0 amide bonds. The van der Waals surface area contributed by atoms with Crippen LogP contribution in [0.3, 0.4) is 0 Å². The Hall–Kier alpha value is -2.62. The maximum Gasteiger partial charge on any atom is 0.227 e. The van der Waals surface area contributed by atoms with Crippen molar-refractivity contribution in [3.05, 3.63) is 81.8 Å². The number of aromatic nitrogens is 1. The molecule has 0 aliphatic rings. The summed E-state index contributed by atoms with van der Waals surface area (Å²) in [6.45, 7) is 2.05. The fourth-order valence-corrected chi connectivity index (χ4v) is 3.08.